The number of benzene rings is 2. The van der Waals surface area contributed by atoms with E-state index in [0.717, 1.165) is 11.3 Å². The van der Waals surface area contributed by atoms with E-state index in [-0.39, 0.29) is 11.8 Å². The molecule has 1 aliphatic heterocycles. The number of amides is 2. The summed E-state index contributed by atoms with van der Waals surface area (Å²) in [4.78, 5) is 26.4. The molecule has 1 unspecified atom stereocenters. The molecule has 21 heavy (non-hydrogen) atoms. The monoisotopic (exact) mass is 280 g/mol. The first-order valence-electron chi connectivity index (χ1n) is 6.96. The van der Waals surface area contributed by atoms with Crippen LogP contribution in [0.1, 0.15) is 18.0 Å². The summed E-state index contributed by atoms with van der Waals surface area (Å²) in [5.74, 6) is -0.200. The third kappa shape index (κ3) is 2.79. The maximum atomic E-state index is 12.8. The fourth-order valence-corrected chi connectivity index (χ4v) is 2.51. The molecule has 2 amide bonds. The Kier molecular flexibility index (Phi) is 3.69. The van der Waals surface area contributed by atoms with Crippen LogP contribution in [0.25, 0.3) is 0 Å². The van der Waals surface area contributed by atoms with E-state index >= 15 is 0 Å². The summed E-state index contributed by atoms with van der Waals surface area (Å²) in [6.07, 6.45) is 0.309. The quantitative estimate of drug-likeness (QED) is 0.917. The predicted octanol–water partition coefficient (Wildman–Crippen LogP) is 2.28. The first kappa shape index (κ1) is 13.4. The van der Waals surface area contributed by atoms with Crippen molar-refractivity contribution >= 4 is 17.5 Å². The maximum absolute atomic E-state index is 12.8. The van der Waals surface area contributed by atoms with Crippen molar-refractivity contribution in [1.29, 1.82) is 0 Å². The third-order valence-electron chi connectivity index (χ3n) is 3.58. The number of carbonyl (C=O) groups is 2. The van der Waals surface area contributed by atoms with Crippen LogP contribution in [0.3, 0.4) is 0 Å². The Bertz CT molecular complexity index is 640. The summed E-state index contributed by atoms with van der Waals surface area (Å²) in [5, 5.41) is 2.81. The van der Waals surface area contributed by atoms with Gasteiger partial charge in [-0.15, -0.1) is 0 Å². The number of nitrogens with one attached hydrogen (secondary N) is 1. The first-order chi connectivity index (χ1) is 10.3. The molecular weight excluding hydrogens is 264 g/mol. The highest BCUT2D eigenvalue weighted by atomic mass is 16.2. The minimum Gasteiger partial charge on any atom is -0.340 e. The van der Waals surface area contributed by atoms with E-state index in [2.05, 4.69) is 5.32 Å². The van der Waals surface area contributed by atoms with E-state index in [1.165, 1.54) is 0 Å². The number of anilines is 1. The van der Waals surface area contributed by atoms with Crippen molar-refractivity contribution in [2.75, 3.05) is 11.4 Å². The number of carbonyl (C=O) groups excluding carboxylic acids is 2. The van der Waals surface area contributed by atoms with Gasteiger partial charge in [0.15, 0.2) is 0 Å². The van der Waals surface area contributed by atoms with Gasteiger partial charge in [0.05, 0.1) is 0 Å². The Balaban J connectivity index is 1.97. The molecule has 1 fully saturated rings. The molecule has 2 aromatic carbocycles. The van der Waals surface area contributed by atoms with Gasteiger partial charge in [0.2, 0.25) is 5.91 Å². The van der Waals surface area contributed by atoms with Gasteiger partial charge < -0.3 is 10.2 Å². The zero-order chi connectivity index (χ0) is 14.7. The Hall–Kier alpha value is -2.62. The minimum atomic E-state index is -0.624. The fourth-order valence-electron chi connectivity index (χ4n) is 2.51. The van der Waals surface area contributed by atoms with Gasteiger partial charge in [0.1, 0.15) is 6.04 Å². The molecule has 0 saturated carbocycles. The molecular formula is C17H16N2O2. The van der Waals surface area contributed by atoms with Crippen molar-refractivity contribution in [3.05, 3.63) is 66.2 Å². The van der Waals surface area contributed by atoms with Gasteiger partial charge >= 0.3 is 0 Å². The molecule has 0 aromatic heterocycles. The van der Waals surface area contributed by atoms with Crippen molar-refractivity contribution in [2.24, 2.45) is 0 Å². The third-order valence-corrected chi connectivity index (χ3v) is 3.58. The molecule has 106 valence electrons. The van der Waals surface area contributed by atoms with Gasteiger partial charge in [-0.3, -0.25) is 9.59 Å². The molecule has 0 aliphatic carbocycles. The lowest BCUT2D eigenvalue weighted by molar-refractivity contribution is -0.125. The summed E-state index contributed by atoms with van der Waals surface area (Å²) in [6, 6.07) is 18.2. The highest BCUT2D eigenvalue weighted by molar-refractivity contribution is 6.01. The van der Waals surface area contributed by atoms with E-state index < -0.39 is 6.04 Å². The molecule has 0 spiro atoms. The molecule has 2 aromatic rings. The van der Waals surface area contributed by atoms with Crippen molar-refractivity contribution in [3.63, 3.8) is 0 Å². The molecule has 1 N–H and O–H groups in total. The van der Waals surface area contributed by atoms with Crippen LogP contribution < -0.4 is 10.2 Å². The molecule has 1 heterocycles. The van der Waals surface area contributed by atoms with Gasteiger partial charge in [-0.1, -0.05) is 48.5 Å². The Labute approximate surface area is 123 Å². The smallest absolute Gasteiger partial charge is 0.254 e. The molecule has 1 saturated heterocycles. The van der Waals surface area contributed by atoms with Gasteiger partial charge in [0, 0.05) is 18.7 Å². The van der Waals surface area contributed by atoms with Crippen LogP contribution in [0.5, 0.6) is 0 Å². The summed E-state index contributed by atoms with van der Waals surface area (Å²) in [5.41, 5.74) is 1.62. The maximum Gasteiger partial charge on any atom is 0.254 e. The van der Waals surface area contributed by atoms with E-state index in [0.29, 0.717) is 13.0 Å². The molecule has 4 heteroatoms. The van der Waals surface area contributed by atoms with Crippen LogP contribution in [0.15, 0.2) is 60.7 Å². The average molecular weight is 280 g/mol. The van der Waals surface area contributed by atoms with Gasteiger partial charge in [-0.2, -0.15) is 0 Å². The highest BCUT2D eigenvalue weighted by Gasteiger charge is 2.31. The van der Waals surface area contributed by atoms with Gasteiger partial charge in [0.25, 0.3) is 5.91 Å². The van der Waals surface area contributed by atoms with Gasteiger partial charge in [-0.25, -0.2) is 0 Å². The fraction of sp³-hybridized carbons (Fsp3) is 0.176. The van der Waals surface area contributed by atoms with Crippen molar-refractivity contribution in [3.8, 4) is 0 Å². The average Bonchev–Trinajstić information content (AvgIpc) is 2.68. The highest BCUT2D eigenvalue weighted by Crippen LogP contribution is 2.23. The zero-order valence-electron chi connectivity index (χ0n) is 11.5. The van der Waals surface area contributed by atoms with Crippen LogP contribution in [-0.2, 0) is 9.59 Å². The molecule has 0 radical (unpaired) electrons. The number of para-hydroxylation sites is 1. The standard InChI is InChI=1S/C17H16N2O2/c20-15-11-12-19(14-9-5-2-6-10-14)17(21)16(18-15)13-7-3-1-4-8-13/h1-10,16H,11-12H2,(H,18,20). The van der Waals surface area contributed by atoms with E-state index in [1.54, 1.807) is 4.90 Å². The second-order valence-corrected chi connectivity index (χ2v) is 4.99. The Morgan fingerprint density at radius 1 is 0.905 bits per heavy atom. The molecule has 0 bridgehead atoms. The number of hydrogen-bond donors (Lipinski definition) is 1. The number of nitrogens with zero attached hydrogens (tertiary/aromatic N) is 1. The lowest BCUT2D eigenvalue weighted by atomic mass is 10.1. The second-order valence-electron chi connectivity index (χ2n) is 4.99. The topological polar surface area (TPSA) is 49.4 Å². The minimum absolute atomic E-state index is 0.0988. The van der Waals surface area contributed by atoms with Crippen molar-refractivity contribution in [2.45, 2.75) is 12.5 Å². The van der Waals surface area contributed by atoms with E-state index in [1.807, 2.05) is 60.7 Å². The molecule has 1 aliphatic rings. The van der Waals surface area contributed by atoms with Crippen molar-refractivity contribution < 1.29 is 9.59 Å². The van der Waals surface area contributed by atoms with Crippen LogP contribution in [-0.4, -0.2) is 18.4 Å². The number of rotatable bonds is 2. The zero-order valence-corrected chi connectivity index (χ0v) is 11.5. The van der Waals surface area contributed by atoms with Gasteiger partial charge in [-0.05, 0) is 17.7 Å². The Morgan fingerprint density at radius 3 is 2.19 bits per heavy atom. The summed E-state index contributed by atoms with van der Waals surface area (Å²) >= 11 is 0. The predicted molar refractivity (Wildman–Crippen MR) is 80.7 cm³/mol. The van der Waals surface area contributed by atoms with Crippen LogP contribution >= 0.6 is 0 Å². The van der Waals surface area contributed by atoms with Crippen molar-refractivity contribution in [1.82, 2.24) is 5.32 Å². The second kappa shape index (κ2) is 5.79. The van der Waals surface area contributed by atoms with Crippen LogP contribution in [0.2, 0.25) is 0 Å². The number of hydrogen-bond acceptors (Lipinski definition) is 2. The van der Waals surface area contributed by atoms with E-state index in [9.17, 15) is 9.59 Å². The van der Waals surface area contributed by atoms with Crippen LogP contribution in [0.4, 0.5) is 5.69 Å². The molecule has 1 atom stereocenters. The normalized spacial score (nSPS) is 19.0. The van der Waals surface area contributed by atoms with E-state index in [4.69, 9.17) is 0 Å². The molecule has 4 nitrogen and oxygen atoms in total. The largest absolute Gasteiger partial charge is 0.340 e. The lowest BCUT2D eigenvalue weighted by Crippen LogP contribution is -2.38. The summed E-state index contributed by atoms with van der Waals surface area (Å²) < 4.78 is 0. The summed E-state index contributed by atoms with van der Waals surface area (Å²) in [7, 11) is 0. The first-order valence-corrected chi connectivity index (χ1v) is 6.96. The molecule has 3 rings (SSSR count). The lowest BCUT2D eigenvalue weighted by Gasteiger charge is -2.24. The summed E-state index contributed by atoms with van der Waals surface area (Å²) in [6.45, 7) is 0.401. The SMILES string of the molecule is O=C1CCN(c2ccccc2)C(=O)C(c2ccccc2)N1. The van der Waals surface area contributed by atoms with Crippen LogP contribution in [0, 0.1) is 0 Å². The Morgan fingerprint density at radius 2 is 1.52 bits per heavy atom.